The van der Waals surface area contributed by atoms with Gasteiger partial charge in [0.15, 0.2) is 0 Å². The van der Waals surface area contributed by atoms with Crippen molar-refractivity contribution in [1.82, 2.24) is 10.6 Å². The van der Waals surface area contributed by atoms with Crippen LogP contribution in [0.15, 0.2) is 0 Å². The molecule has 0 aromatic heterocycles. The van der Waals surface area contributed by atoms with Crippen molar-refractivity contribution in [2.45, 2.75) is 37.5 Å². The molecule has 2 saturated heterocycles. The molecule has 2 aliphatic heterocycles. The minimum absolute atomic E-state index is 0.0968. The van der Waals surface area contributed by atoms with Crippen LogP contribution in [0.3, 0.4) is 0 Å². The second-order valence-corrected chi connectivity index (χ2v) is 7.70. The fourth-order valence-electron chi connectivity index (χ4n) is 2.54. The van der Waals surface area contributed by atoms with Gasteiger partial charge in [0, 0.05) is 11.3 Å². The zero-order valence-electron chi connectivity index (χ0n) is 11.9. The van der Waals surface area contributed by atoms with Crippen molar-refractivity contribution in [1.29, 1.82) is 0 Å². The smallest absolute Gasteiger partial charge is 0.315 e. The number of carboxylic acid groups (broad SMARTS) is 1. The molecule has 0 bridgehead atoms. The number of ether oxygens (including phenoxy) is 1. The third-order valence-electron chi connectivity index (χ3n) is 4.17. The van der Waals surface area contributed by atoms with E-state index in [1.54, 1.807) is 6.92 Å². The largest absolute Gasteiger partial charge is 0.481 e. The number of hydrogen-bond acceptors (Lipinski definition) is 4. The van der Waals surface area contributed by atoms with Crippen LogP contribution in [-0.4, -0.2) is 53.4 Å². The number of carbonyl (C=O) groups is 2. The summed E-state index contributed by atoms with van der Waals surface area (Å²) in [5.74, 6) is 0.187. The van der Waals surface area contributed by atoms with Gasteiger partial charge in [-0.05, 0) is 32.4 Å². The van der Waals surface area contributed by atoms with E-state index in [0.29, 0.717) is 6.54 Å². The van der Waals surface area contributed by atoms with Crippen LogP contribution in [-0.2, 0) is 9.53 Å². The van der Waals surface area contributed by atoms with E-state index in [4.69, 9.17) is 4.74 Å². The number of amides is 2. The standard InChI is InChI=1S/C13H22N2O4S/c1-12(4-3-5-20-12)7-14-11(18)15-9-6-19-8-13(9,2)10(16)17/h9H,3-8H2,1-2H3,(H,16,17)(H2,14,15,18). The Kier molecular flexibility index (Phi) is 4.49. The van der Waals surface area contributed by atoms with E-state index in [1.165, 1.54) is 6.42 Å². The number of aliphatic carboxylic acids is 1. The lowest BCUT2D eigenvalue weighted by atomic mass is 9.85. The summed E-state index contributed by atoms with van der Waals surface area (Å²) in [6.45, 7) is 4.70. The van der Waals surface area contributed by atoms with E-state index in [0.717, 1.165) is 12.2 Å². The number of rotatable bonds is 4. The average Bonchev–Trinajstić information content (AvgIpc) is 2.96. The van der Waals surface area contributed by atoms with E-state index < -0.39 is 17.4 Å². The third-order valence-corrected chi connectivity index (χ3v) is 5.71. The first-order valence-electron chi connectivity index (χ1n) is 6.85. The Hall–Kier alpha value is -0.950. The molecule has 3 N–H and O–H groups in total. The molecular formula is C13H22N2O4S. The van der Waals surface area contributed by atoms with Crippen LogP contribution in [0.1, 0.15) is 26.7 Å². The monoisotopic (exact) mass is 302 g/mol. The van der Waals surface area contributed by atoms with Gasteiger partial charge in [-0.1, -0.05) is 0 Å². The molecule has 7 heteroatoms. The number of urea groups is 1. The predicted octanol–water partition coefficient (Wildman–Crippen LogP) is 1.06. The average molecular weight is 302 g/mol. The van der Waals surface area contributed by atoms with Crippen LogP contribution < -0.4 is 10.6 Å². The molecule has 20 heavy (non-hydrogen) atoms. The van der Waals surface area contributed by atoms with Gasteiger partial charge < -0.3 is 20.5 Å². The van der Waals surface area contributed by atoms with Crippen LogP contribution in [0, 0.1) is 5.41 Å². The van der Waals surface area contributed by atoms with E-state index >= 15 is 0 Å². The first kappa shape index (κ1) is 15.4. The summed E-state index contributed by atoms with van der Waals surface area (Å²) in [6.07, 6.45) is 2.27. The molecule has 0 aromatic rings. The minimum Gasteiger partial charge on any atom is -0.481 e. The third kappa shape index (κ3) is 3.20. The fraction of sp³-hybridized carbons (Fsp3) is 0.846. The highest BCUT2D eigenvalue weighted by Gasteiger charge is 2.47. The first-order chi connectivity index (χ1) is 9.36. The molecule has 0 saturated carbocycles. The summed E-state index contributed by atoms with van der Waals surface area (Å²) < 4.78 is 5.30. The van der Waals surface area contributed by atoms with Crippen LogP contribution in [0.2, 0.25) is 0 Å². The lowest BCUT2D eigenvalue weighted by molar-refractivity contribution is -0.148. The molecule has 2 heterocycles. The Morgan fingerprint density at radius 2 is 2.20 bits per heavy atom. The van der Waals surface area contributed by atoms with Gasteiger partial charge >= 0.3 is 12.0 Å². The summed E-state index contributed by atoms with van der Waals surface area (Å²) in [4.78, 5) is 23.2. The Balaban J connectivity index is 1.83. The molecule has 2 fully saturated rings. The number of carbonyl (C=O) groups excluding carboxylic acids is 1. The van der Waals surface area contributed by atoms with Crippen molar-refractivity contribution in [2.24, 2.45) is 5.41 Å². The quantitative estimate of drug-likeness (QED) is 0.723. The van der Waals surface area contributed by atoms with Crippen LogP contribution in [0.4, 0.5) is 4.79 Å². The molecule has 0 aliphatic carbocycles. The Morgan fingerprint density at radius 1 is 1.45 bits per heavy atom. The lowest BCUT2D eigenvalue weighted by Crippen LogP contribution is -2.53. The molecule has 0 radical (unpaired) electrons. The molecule has 2 rings (SSSR count). The molecule has 0 aromatic carbocycles. The SMILES string of the molecule is CC1(CNC(=O)NC2COCC2(C)C(=O)O)CCCS1. The summed E-state index contributed by atoms with van der Waals surface area (Å²) in [6, 6.07) is -0.814. The van der Waals surface area contributed by atoms with Crippen molar-refractivity contribution < 1.29 is 19.4 Å². The second-order valence-electron chi connectivity index (χ2n) is 6.02. The molecular weight excluding hydrogens is 280 g/mol. The molecule has 3 unspecified atom stereocenters. The summed E-state index contributed by atoms with van der Waals surface area (Å²) in [7, 11) is 0. The van der Waals surface area contributed by atoms with Crippen molar-refractivity contribution >= 4 is 23.8 Å². The minimum atomic E-state index is -1.05. The molecule has 2 amide bonds. The van der Waals surface area contributed by atoms with Crippen LogP contribution in [0.25, 0.3) is 0 Å². The van der Waals surface area contributed by atoms with E-state index in [9.17, 15) is 14.7 Å². The van der Waals surface area contributed by atoms with Gasteiger partial charge in [-0.2, -0.15) is 11.8 Å². The van der Waals surface area contributed by atoms with E-state index in [2.05, 4.69) is 17.6 Å². The van der Waals surface area contributed by atoms with Gasteiger partial charge in [0.05, 0.1) is 19.3 Å². The highest BCUT2D eigenvalue weighted by molar-refractivity contribution is 8.00. The molecule has 0 spiro atoms. The summed E-state index contributed by atoms with van der Waals surface area (Å²) in [5, 5.41) is 14.8. The van der Waals surface area contributed by atoms with Crippen molar-refractivity contribution in [2.75, 3.05) is 25.5 Å². The molecule has 6 nitrogen and oxygen atoms in total. The van der Waals surface area contributed by atoms with Crippen molar-refractivity contribution in [3.63, 3.8) is 0 Å². The van der Waals surface area contributed by atoms with Gasteiger partial charge in [-0.15, -0.1) is 0 Å². The van der Waals surface area contributed by atoms with E-state index in [1.807, 2.05) is 11.8 Å². The Labute approximate surface area is 123 Å². The topological polar surface area (TPSA) is 87.7 Å². The summed E-state index contributed by atoms with van der Waals surface area (Å²) >= 11 is 1.87. The number of carboxylic acids is 1. The zero-order chi connectivity index (χ0) is 14.8. The Morgan fingerprint density at radius 3 is 2.80 bits per heavy atom. The highest BCUT2D eigenvalue weighted by atomic mass is 32.2. The molecule has 2 aliphatic rings. The van der Waals surface area contributed by atoms with Crippen molar-refractivity contribution in [3.8, 4) is 0 Å². The second kappa shape index (κ2) is 5.81. The molecule has 3 atom stereocenters. The van der Waals surface area contributed by atoms with Gasteiger partial charge in [-0.3, -0.25) is 4.79 Å². The fourth-order valence-corrected chi connectivity index (χ4v) is 3.78. The first-order valence-corrected chi connectivity index (χ1v) is 7.84. The highest BCUT2D eigenvalue weighted by Crippen LogP contribution is 2.37. The number of nitrogens with one attached hydrogen (secondary N) is 2. The maximum absolute atomic E-state index is 11.9. The maximum atomic E-state index is 11.9. The maximum Gasteiger partial charge on any atom is 0.315 e. The van der Waals surface area contributed by atoms with Gasteiger partial charge in [0.2, 0.25) is 0 Å². The van der Waals surface area contributed by atoms with Gasteiger partial charge in [0.25, 0.3) is 0 Å². The van der Waals surface area contributed by atoms with Crippen LogP contribution >= 0.6 is 11.8 Å². The molecule has 114 valence electrons. The van der Waals surface area contributed by atoms with Crippen LogP contribution in [0.5, 0.6) is 0 Å². The Bertz CT molecular complexity index is 398. The van der Waals surface area contributed by atoms with Crippen molar-refractivity contribution in [3.05, 3.63) is 0 Å². The predicted molar refractivity (Wildman–Crippen MR) is 77.0 cm³/mol. The van der Waals surface area contributed by atoms with E-state index in [-0.39, 0.29) is 24.0 Å². The lowest BCUT2D eigenvalue weighted by Gasteiger charge is -2.27. The zero-order valence-corrected chi connectivity index (χ0v) is 12.7. The number of hydrogen-bond donors (Lipinski definition) is 3. The summed E-state index contributed by atoms with van der Waals surface area (Å²) in [5.41, 5.74) is -1.05. The van der Waals surface area contributed by atoms with Gasteiger partial charge in [-0.25, -0.2) is 4.79 Å². The number of thioether (sulfide) groups is 1. The normalized spacial score (nSPS) is 36.8. The van der Waals surface area contributed by atoms with Gasteiger partial charge in [0.1, 0.15) is 5.41 Å².